The Morgan fingerprint density at radius 2 is 1.53 bits per heavy atom. The number of aryl methyl sites for hydroxylation is 2. The van der Waals surface area contributed by atoms with Crippen LogP contribution in [-0.2, 0) is 0 Å². The fourth-order valence-electron chi connectivity index (χ4n) is 2.40. The third kappa shape index (κ3) is 3.08. The van der Waals surface area contributed by atoms with Crippen molar-refractivity contribution in [2.75, 3.05) is 6.61 Å². The van der Waals surface area contributed by atoms with E-state index in [9.17, 15) is 5.11 Å². The van der Waals surface area contributed by atoms with Crippen LogP contribution in [0.15, 0.2) is 6.07 Å². The van der Waals surface area contributed by atoms with E-state index in [0.717, 1.165) is 0 Å². The first-order valence-electron chi connectivity index (χ1n) is 6.32. The molecule has 0 radical (unpaired) electrons. The summed E-state index contributed by atoms with van der Waals surface area (Å²) in [4.78, 5) is 0. The fourth-order valence-corrected chi connectivity index (χ4v) is 2.40. The fraction of sp³-hybridized carbons (Fsp3) is 0.600. The molecular formula is C15H25NO. The van der Waals surface area contributed by atoms with E-state index < -0.39 is 0 Å². The molecule has 0 amide bonds. The number of nitrogens with one attached hydrogen (secondary N) is 1. The predicted molar refractivity (Wildman–Crippen MR) is 73.5 cm³/mol. The Morgan fingerprint density at radius 3 is 1.88 bits per heavy atom. The van der Waals surface area contributed by atoms with E-state index >= 15 is 0 Å². The highest BCUT2D eigenvalue weighted by Crippen LogP contribution is 2.27. The number of hydrogen-bond donors (Lipinski definition) is 2. The average Bonchev–Trinajstić information content (AvgIpc) is 2.24. The minimum absolute atomic E-state index is 0.0357. The molecule has 96 valence electrons. The topological polar surface area (TPSA) is 32.3 Å². The molecule has 0 aliphatic rings. The summed E-state index contributed by atoms with van der Waals surface area (Å²) in [6.07, 6.45) is 0. The van der Waals surface area contributed by atoms with Gasteiger partial charge in [-0.3, -0.25) is 0 Å². The van der Waals surface area contributed by atoms with Crippen molar-refractivity contribution < 1.29 is 5.11 Å². The van der Waals surface area contributed by atoms with Crippen LogP contribution >= 0.6 is 0 Å². The van der Waals surface area contributed by atoms with Gasteiger partial charge in [-0.05, 0) is 55.5 Å². The van der Waals surface area contributed by atoms with Gasteiger partial charge in [0.1, 0.15) is 0 Å². The van der Waals surface area contributed by atoms with E-state index in [1.807, 2.05) is 0 Å². The van der Waals surface area contributed by atoms with Crippen LogP contribution in [0.5, 0.6) is 0 Å². The largest absolute Gasteiger partial charge is 0.394 e. The van der Waals surface area contributed by atoms with Gasteiger partial charge in [-0.25, -0.2) is 0 Å². The molecule has 0 aromatic heterocycles. The summed E-state index contributed by atoms with van der Waals surface area (Å²) in [6.45, 7) is 12.9. The molecule has 0 aliphatic carbocycles. The second-order valence-corrected chi connectivity index (χ2v) is 5.23. The van der Waals surface area contributed by atoms with Gasteiger partial charge in [0, 0.05) is 6.04 Å². The van der Waals surface area contributed by atoms with E-state index in [0.29, 0.717) is 6.04 Å². The van der Waals surface area contributed by atoms with Crippen molar-refractivity contribution in [1.82, 2.24) is 5.32 Å². The quantitative estimate of drug-likeness (QED) is 0.841. The number of rotatable bonds is 4. The molecule has 1 unspecified atom stereocenters. The molecule has 0 saturated carbocycles. The second-order valence-electron chi connectivity index (χ2n) is 5.23. The van der Waals surface area contributed by atoms with Gasteiger partial charge in [-0.15, -0.1) is 0 Å². The Bertz CT molecular complexity index is 370. The summed E-state index contributed by atoms with van der Waals surface area (Å²) >= 11 is 0. The van der Waals surface area contributed by atoms with Crippen molar-refractivity contribution in [2.45, 2.75) is 53.6 Å². The molecule has 1 atom stereocenters. The average molecular weight is 235 g/mol. The number of aliphatic hydroxyl groups excluding tert-OH is 1. The van der Waals surface area contributed by atoms with Crippen molar-refractivity contribution in [2.24, 2.45) is 0 Å². The van der Waals surface area contributed by atoms with E-state index in [1.165, 1.54) is 27.8 Å². The molecule has 0 aliphatic heterocycles. The van der Waals surface area contributed by atoms with Gasteiger partial charge in [0.15, 0.2) is 0 Å². The maximum absolute atomic E-state index is 9.60. The highest BCUT2D eigenvalue weighted by Gasteiger charge is 2.18. The lowest BCUT2D eigenvalue weighted by molar-refractivity contribution is 0.236. The molecule has 0 spiro atoms. The van der Waals surface area contributed by atoms with Crippen molar-refractivity contribution in [3.05, 3.63) is 33.9 Å². The first-order chi connectivity index (χ1) is 7.88. The Hall–Kier alpha value is -0.860. The molecule has 1 aromatic carbocycles. The van der Waals surface area contributed by atoms with Crippen LogP contribution in [0.2, 0.25) is 0 Å². The molecule has 1 aromatic rings. The summed E-state index contributed by atoms with van der Waals surface area (Å²) in [7, 11) is 0. The summed E-state index contributed by atoms with van der Waals surface area (Å²) in [5.74, 6) is 0. The first kappa shape index (κ1) is 14.2. The van der Waals surface area contributed by atoms with Crippen LogP contribution in [0.25, 0.3) is 0 Å². The normalized spacial score (nSPS) is 13.2. The van der Waals surface area contributed by atoms with Gasteiger partial charge < -0.3 is 10.4 Å². The third-order valence-corrected chi connectivity index (χ3v) is 3.49. The zero-order valence-corrected chi connectivity index (χ0v) is 11.9. The molecule has 17 heavy (non-hydrogen) atoms. The van der Waals surface area contributed by atoms with Gasteiger partial charge in [0.25, 0.3) is 0 Å². The van der Waals surface area contributed by atoms with Crippen LogP contribution < -0.4 is 5.32 Å². The Balaban J connectivity index is 3.27. The van der Waals surface area contributed by atoms with Crippen LogP contribution in [0.1, 0.15) is 47.7 Å². The number of hydrogen-bond acceptors (Lipinski definition) is 2. The van der Waals surface area contributed by atoms with E-state index in [-0.39, 0.29) is 12.6 Å². The Morgan fingerprint density at radius 1 is 1.06 bits per heavy atom. The van der Waals surface area contributed by atoms with Crippen LogP contribution in [-0.4, -0.2) is 17.8 Å². The summed E-state index contributed by atoms with van der Waals surface area (Å²) in [6, 6.07) is 2.62. The Labute approximate surface area is 105 Å². The molecular weight excluding hydrogens is 210 g/mol. The monoisotopic (exact) mass is 235 g/mol. The number of aliphatic hydroxyl groups is 1. The predicted octanol–water partition coefficient (Wildman–Crippen LogP) is 2.95. The summed E-state index contributed by atoms with van der Waals surface area (Å²) < 4.78 is 0. The highest BCUT2D eigenvalue weighted by molar-refractivity contribution is 5.45. The lowest BCUT2D eigenvalue weighted by Crippen LogP contribution is -2.31. The molecule has 0 fully saturated rings. The van der Waals surface area contributed by atoms with Gasteiger partial charge in [-0.2, -0.15) is 0 Å². The zero-order valence-electron chi connectivity index (χ0n) is 11.9. The first-order valence-corrected chi connectivity index (χ1v) is 6.32. The van der Waals surface area contributed by atoms with Crippen molar-refractivity contribution in [3.63, 3.8) is 0 Å². The molecule has 1 rings (SSSR count). The van der Waals surface area contributed by atoms with Crippen LogP contribution in [0.4, 0.5) is 0 Å². The van der Waals surface area contributed by atoms with E-state index in [2.05, 4.69) is 52.9 Å². The van der Waals surface area contributed by atoms with Gasteiger partial charge in [-0.1, -0.05) is 19.9 Å². The molecule has 0 bridgehead atoms. The maximum Gasteiger partial charge on any atom is 0.0626 e. The van der Waals surface area contributed by atoms with Crippen molar-refractivity contribution in [3.8, 4) is 0 Å². The number of benzene rings is 1. The van der Waals surface area contributed by atoms with Gasteiger partial charge in [0.2, 0.25) is 0 Å². The second kappa shape index (κ2) is 5.65. The summed E-state index contributed by atoms with van der Waals surface area (Å²) in [5, 5.41) is 13.0. The molecule has 0 saturated heterocycles. The van der Waals surface area contributed by atoms with Crippen LogP contribution in [0, 0.1) is 27.7 Å². The standard InChI is InChI=1S/C15H25NO/c1-9(2)16-14(8-17)15-12(5)10(3)7-11(4)13(15)6/h7,9,14,16-17H,8H2,1-6H3. The lowest BCUT2D eigenvalue weighted by atomic mass is 9.89. The molecule has 2 nitrogen and oxygen atoms in total. The highest BCUT2D eigenvalue weighted by atomic mass is 16.3. The molecule has 2 N–H and O–H groups in total. The minimum Gasteiger partial charge on any atom is -0.394 e. The summed E-state index contributed by atoms with van der Waals surface area (Å²) in [5.41, 5.74) is 6.44. The Kier molecular flexibility index (Phi) is 4.72. The molecule has 2 heteroatoms. The van der Waals surface area contributed by atoms with Crippen molar-refractivity contribution >= 4 is 0 Å². The third-order valence-electron chi connectivity index (χ3n) is 3.49. The van der Waals surface area contributed by atoms with Crippen LogP contribution in [0.3, 0.4) is 0 Å². The van der Waals surface area contributed by atoms with Gasteiger partial charge in [0.05, 0.1) is 12.6 Å². The molecule has 0 heterocycles. The van der Waals surface area contributed by atoms with Gasteiger partial charge >= 0.3 is 0 Å². The van der Waals surface area contributed by atoms with E-state index in [1.54, 1.807) is 0 Å². The SMILES string of the molecule is Cc1cc(C)c(C)c(C(CO)NC(C)C)c1C. The van der Waals surface area contributed by atoms with E-state index in [4.69, 9.17) is 0 Å². The zero-order chi connectivity index (χ0) is 13.2. The minimum atomic E-state index is 0.0357. The maximum atomic E-state index is 9.60. The smallest absolute Gasteiger partial charge is 0.0626 e. The lowest BCUT2D eigenvalue weighted by Gasteiger charge is -2.25. The van der Waals surface area contributed by atoms with Crippen molar-refractivity contribution in [1.29, 1.82) is 0 Å².